The number of aryl methyl sites for hydroxylation is 3. The Kier molecular flexibility index (Phi) is 4.91. The highest BCUT2D eigenvalue weighted by Gasteiger charge is 2.14. The fraction of sp³-hybridized carbons (Fsp3) is 0.182. The summed E-state index contributed by atoms with van der Waals surface area (Å²) in [5, 5.41) is 7.35. The molecule has 0 fully saturated rings. The molecule has 152 valence electrons. The molecule has 0 spiro atoms. The number of halogens is 1. The number of aromatic nitrogens is 4. The van der Waals surface area contributed by atoms with Gasteiger partial charge in [0, 0.05) is 5.69 Å². The van der Waals surface area contributed by atoms with Crippen LogP contribution < -0.4 is 10.9 Å². The third-order valence-corrected chi connectivity index (χ3v) is 4.88. The SMILES string of the molecule is Cc1cc(C)c(NC(=O)Cn2cnc3c(cnn3-c3ccc(F)cc3)c2=O)c(C)c1. The molecular formula is C22H20FN5O2. The molecule has 8 heteroatoms. The first-order valence-corrected chi connectivity index (χ1v) is 9.40. The van der Waals surface area contributed by atoms with E-state index in [0.29, 0.717) is 11.3 Å². The van der Waals surface area contributed by atoms with Gasteiger partial charge in [0.05, 0.1) is 11.9 Å². The quantitative estimate of drug-likeness (QED) is 0.565. The summed E-state index contributed by atoms with van der Waals surface area (Å²) < 4.78 is 15.9. The van der Waals surface area contributed by atoms with Gasteiger partial charge in [-0.2, -0.15) is 5.10 Å². The van der Waals surface area contributed by atoms with Crippen molar-refractivity contribution in [3.8, 4) is 5.69 Å². The van der Waals surface area contributed by atoms with Gasteiger partial charge in [0.15, 0.2) is 5.65 Å². The summed E-state index contributed by atoms with van der Waals surface area (Å²) in [5.41, 5.74) is 4.34. The smallest absolute Gasteiger partial charge is 0.264 e. The maximum Gasteiger partial charge on any atom is 0.264 e. The zero-order chi connectivity index (χ0) is 21.4. The summed E-state index contributed by atoms with van der Waals surface area (Å²) >= 11 is 0. The van der Waals surface area contributed by atoms with Crippen LogP contribution in [0.2, 0.25) is 0 Å². The normalized spacial score (nSPS) is 11.1. The van der Waals surface area contributed by atoms with Crippen molar-refractivity contribution >= 4 is 22.6 Å². The molecule has 4 rings (SSSR count). The van der Waals surface area contributed by atoms with Crippen LogP contribution in [-0.2, 0) is 11.3 Å². The molecule has 1 amide bonds. The topological polar surface area (TPSA) is 81.8 Å². The van der Waals surface area contributed by atoms with Gasteiger partial charge in [-0.15, -0.1) is 0 Å². The largest absolute Gasteiger partial charge is 0.324 e. The molecule has 30 heavy (non-hydrogen) atoms. The fourth-order valence-electron chi connectivity index (χ4n) is 3.54. The van der Waals surface area contributed by atoms with Crippen molar-refractivity contribution in [3.05, 3.63) is 81.8 Å². The summed E-state index contributed by atoms with van der Waals surface area (Å²) in [4.78, 5) is 29.7. The van der Waals surface area contributed by atoms with Crippen molar-refractivity contribution in [2.75, 3.05) is 5.32 Å². The molecule has 2 aromatic carbocycles. The highest BCUT2D eigenvalue weighted by molar-refractivity contribution is 5.92. The van der Waals surface area contributed by atoms with Crippen LogP contribution >= 0.6 is 0 Å². The van der Waals surface area contributed by atoms with Crippen LogP contribution in [0.25, 0.3) is 16.7 Å². The molecule has 1 N–H and O–H groups in total. The second-order valence-corrected chi connectivity index (χ2v) is 7.27. The number of hydrogen-bond acceptors (Lipinski definition) is 4. The summed E-state index contributed by atoms with van der Waals surface area (Å²) in [6, 6.07) is 9.70. The van der Waals surface area contributed by atoms with E-state index in [1.165, 1.54) is 33.9 Å². The zero-order valence-electron chi connectivity index (χ0n) is 16.8. The van der Waals surface area contributed by atoms with Crippen molar-refractivity contribution in [1.29, 1.82) is 0 Å². The first-order valence-electron chi connectivity index (χ1n) is 9.40. The third-order valence-electron chi connectivity index (χ3n) is 4.88. The molecule has 0 aliphatic heterocycles. The Morgan fingerprint density at radius 3 is 2.43 bits per heavy atom. The van der Waals surface area contributed by atoms with E-state index in [0.717, 1.165) is 22.4 Å². The monoisotopic (exact) mass is 405 g/mol. The number of carbonyl (C=O) groups is 1. The number of amides is 1. The minimum absolute atomic E-state index is 0.170. The van der Waals surface area contributed by atoms with Gasteiger partial charge in [-0.25, -0.2) is 14.1 Å². The standard InChI is InChI=1S/C22H20FN5O2/c1-13-8-14(2)20(15(3)9-13)26-19(29)11-27-12-24-21-18(22(27)30)10-25-28(21)17-6-4-16(23)5-7-17/h4-10,12H,11H2,1-3H3,(H,26,29). The van der Waals surface area contributed by atoms with E-state index in [9.17, 15) is 14.0 Å². The number of benzene rings is 2. The summed E-state index contributed by atoms with van der Waals surface area (Å²) in [6.45, 7) is 5.69. The van der Waals surface area contributed by atoms with E-state index >= 15 is 0 Å². The Bertz CT molecular complexity index is 1300. The van der Waals surface area contributed by atoms with Crippen LogP contribution in [-0.4, -0.2) is 25.2 Å². The molecule has 7 nitrogen and oxygen atoms in total. The fourth-order valence-corrected chi connectivity index (χ4v) is 3.54. The lowest BCUT2D eigenvalue weighted by molar-refractivity contribution is -0.116. The van der Waals surface area contributed by atoms with Gasteiger partial charge in [-0.1, -0.05) is 17.7 Å². The minimum Gasteiger partial charge on any atom is -0.324 e. The van der Waals surface area contributed by atoms with E-state index in [2.05, 4.69) is 15.4 Å². The molecule has 2 aromatic heterocycles. The average Bonchev–Trinajstić information content (AvgIpc) is 3.12. The molecule has 4 aromatic rings. The van der Waals surface area contributed by atoms with Gasteiger partial charge in [0.1, 0.15) is 24.1 Å². The first-order chi connectivity index (χ1) is 14.3. The predicted molar refractivity (Wildman–Crippen MR) is 112 cm³/mol. The predicted octanol–water partition coefficient (Wildman–Crippen LogP) is 3.29. The van der Waals surface area contributed by atoms with Gasteiger partial charge < -0.3 is 5.32 Å². The van der Waals surface area contributed by atoms with Crippen LogP contribution in [0, 0.1) is 26.6 Å². The average molecular weight is 405 g/mol. The number of anilines is 1. The van der Waals surface area contributed by atoms with Crippen molar-refractivity contribution < 1.29 is 9.18 Å². The maximum atomic E-state index is 13.2. The molecule has 0 radical (unpaired) electrons. The summed E-state index contributed by atoms with van der Waals surface area (Å²) in [6.07, 6.45) is 2.72. The van der Waals surface area contributed by atoms with Crippen LogP contribution in [0.3, 0.4) is 0 Å². The van der Waals surface area contributed by atoms with Gasteiger partial charge >= 0.3 is 0 Å². The van der Waals surface area contributed by atoms with E-state index in [-0.39, 0.29) is 29.2 Å². The van der Waals surface area contributed by atoms with Crippen LogP contribution in [0.4, 0.5) is 10.1 Å². The van der Waals surface area contributed by atoms with Crippen molar-refractivity contribution in [3.63, 3.8) is 0 Å². The Morgan fingerprint density at radius 2 is 1.77 bits per heavy atom. The first kappa shape index (κ1) is 19.5. The number of fused-ring (bicyclic) bond motifs is 1. The van der Waals surface area contributed by atoms with Gasteiger partial charge in [-0.05, 0) is 56.2 Å². The van der Waals surface area contributed by atoms with Crippen molar-refractivity contribution in [2.24, 2.45) is 0 Å². The van der Waals surface area contributed by atoms with E-state index < -0.39 is 0 Å². The molecule has 0 atom stereocenters. The lowest BCUT2D eigenvalue weighted by atomic mass is 10.1. The minimum atomic E-state index is -0.374. The van der Waals surface area contributed by atoms with E-state index in [1.54, 1.807) is 12.1 Å². The molecular weight excluding hydrogens is 385 g/mol. The molecule has 0 aliphatic rings. The Balaban J connectivity index is 1.61. The number of rotatable bonds is 4. The Labute approximate surface area is 171 Å². The molecule has 0 bridgehead atoms. The Hall–Kier alpha value is -3.81. The van der Waals surface area contributed by atoms with Crippen molar-refractivity contribution in [1.82, 2.24) is 19.3 Å². The summed E-state index contributed by atoms with van der Waals surface area (Å²) in [7, 11) is 0. The Morgan fingerprint density at radius 1 is 1.10 bits per heavy atom. The third kappa shape index (κ3) is 3.59. The number of carbonyl (C=O) groups excluding carboxylic acids is 1. The molecule has 0 unspecified atom stereocenters. The van der Waals surface area contributed by atoms with Gasteiger partial charge in [0.2, 0.25) is 5.91 Å². The van der Waals surface area contributed by atoms with Crippen molar-refractivity contribution in [2.45, 2.75) is 27.3 Å². The molecule has 0 aliphatic carbocycles. The van der Waals surface area contributed by atoms with E-state index in [1.807, 2.05) is 32.9 Å². The summed E-state index contributed by atoms with van der Waals surface area (Å²) in [5.74, 6) is -0.685. The second kappa shape index (κ2) is 7.55. The highest BCUT2D eigenvalue weighted by atomic mass is 19.1. The molecule has 0 saturated carbocycles. The maximum absolute atomic E-state index is 13.2. The lowest BCUT2D eigenvalue weighted by Gasteiger charge is -2.13. The highest BCUT2D eigenvalue weighted by Crippen LogP contribution is 2.22. The second-order valence-electron chi connectivity index (χ2n) is 7.27. The zero-order valence-corrected chi connectivity index (χ0v) is 16.8. The molecule has 2 heterocycles. The van der Waals surface area contributed by atoms with Crippen LogP contribution in [0.1, 0.15) is 16.7 Å². The molecule has 0 saturated heterocycles. The van der Waals surface area contributed by atoms with Crippen LogP contribution in [0.5, 0.6) is 0 Å². The number of nitrogens with zero attached hydrogens (tertiary/aromatic N) is 4. The van der Waals surface area contributed by atoms with E-state index in [4.69, 9.17) is 0 Å². The number of hydrogen-bond donors (Lipinski definition) is 1. The van der Waals surface area contributed by atoms with Gasteiger partial charge in [-0.3, -0.25) is 14.2 Å². The number of nitrogens with one attached hydrogen (secondary N) is 1. The van der Waals surface area contributed by atoms with Gasteiger partial charge in [0.25, 0.3) is 5.56 Å². The van der Waals surface area contributed by atoms with Crippen LogP contribution in [0.15, 0.2) is 53.7 Å². The lowest BCUT2D eigenvalue weighted by Crippen LogP contribution is -2.28.